The Bertz CT molecular complexity index is 643. The van der Waals surface area contributed by atoms with Crippen molar-refractivity contribution in [2.75, 3.05) is 6.61 Å². The molecule has 1 aliphatic rings. The third-order valence-electron chi connectivity index (χ3n) is 4.58. The van der Waals surface area contributed by atoms with Gasteiger partial charge in [0.15, 0.2) is 0 Å². The molecule has 1 saturated heterocycles. The van der Waals surface area contributed by atoms with Crippen LogP contribution in [0.2, 0.25) is 0 Å². The number of aryl methyl sites for hydroxylation is 2. The molecule has 0 aliphatic carbocycles. The van der Waals surface area contributed by atoms with Crippen molar-refractivity contribution in [3.8, 4) is 0 Å². The molecule has 4 nitrogen and oxygen atoms in total. The summed E-state index contributed by atoms with van der Waals surface area (Å²) in [6, 6.07) is 18.2. The van der Waals surface area contributed by atoms with E-state index < -0.39 is 24.4 Å². The fourth-order valence-corrected chi connectivity index (χ4v) is 3.21. The number of ether oxygens (including phenoxy) is 1. The number of aliphatic hydroxyl groups excluding tert-OH is 3. The van der Waals surface area contributed by atoms with E-state index in [1.807, 2.05) is 36.4 Å². The molecule has 0 aromatic heterocycles. The van der Waals surface area contributed by atoms with Crippen LogP contribution in [0, 0.1) is 0 Å². The maximum absolute atomic E-state index is 10.2. The second-order valence-electron chi connectivity index (χ2n) is 6.39. The number of hydrogen-bond donors (Lipinski definition) is 3. The minimum absolute atomic E-state index is 0.159. The normalized spacial score (nSPS) is 27.1. The van der Waals surface area contributed by atoms with Crippen LogP contribution in [0.1, 0.15) is 29.2 Å². The lowest BCUT2D eigenvalue weighted by molar-refractivity contribution is -0.179. The predicted molar refractivity (Wildman–Crippen MR) is 91.6 cm³/mol. The molecule has 3 rings (SSSR count). The Morgan fingerprint density at radius 3 is 2.38 bits per heavy atom. The molecule has 2 aromatic rings. The van der Waals surface area contributed by atoms with Gasteiger partial charge in [-0.25, -0.2) is 0 Å². The van der Waals surface area contributed by atoms with Gasteiger partial charge in [-0.05, 0) is 29.5 Å². The highest BCUT2D eigenvalue weighted by Crippen LogP contribution is 2.32. The Kier molecular flexibility index (Phi) is 5.63. The van der Waals surface area contributed by atoms with Gasteiger partial charge in [-0.2, -0.15) is 0 Å². The summed E-state index contributed by atoms with van der Waals surface area (Å²) < 4.78 is 5.76. The van der Waals surface area contributed by atoms with Crippen LogP contribution in [0.25, 0.3) is 0 Å². The van der Waals surface area contributed by atoms with Crippen LogP contribution in [0.5, 0.6) is 0 Å². The number of aliphatic hydroxyl groups is 3. The maximum Gasteiger partial charge on any atom is 0.111 e. The Labute approximate surface area is 142 Å². The fraction of sp³-hybridized carbons (Fsp3) is 0.400. The summed E-state index contributed by atoms with van der Waals surface area (Å²) in [6.07, 6.45) is -0.815. The number of hydrogen-bond acceptors (Lipinski definition) is 4. The topological polar surface area (TPSA) is 69.9 Å². The maximum atomic E-state index is 10.2. The molecule has 1 heterocycles. The number of rotatable bonds is 5. The van der Waals surface area contributed by atoms with Gasteiger partial charge in [0, 0.05) is 6.42 Å². The lowest BCUT2D eigenvalue weighted by atomic mass is 9.92. The second kappa shape index (κ2) is 7.90. The lowest BCUT2D eigenvalue weighted by Gasteiger charge is -2.37. The minimum Gasteiger partial charge on any atom is -0.394 e. The third kappa shape index (κ3) is 4.02. The predicted octanol–water partition coefficient (Wildman–Crippen LogP) is 2.02. The molecular formula is C20H24O4. The van der Waals surface area contributed by atoms with Crippen molar-refractivity contribution in [1.29, 1.82) is 0 Å². The van der Waals surface area contributed by atoms with Crippen molar-refractivity contribution in [3.63, 3.8) is 0 Å². The molecular weight excluding hydrogens is 304 g/mol. The molecule has 0 bridgehead atoms. The van der Waals surface area contributed by atoms with Gasteiger partial charge in [-0.3, -0.25) is 0 Å². The Morgan fingerprint density at radius 2 is 1.62 bits per heavy atom. The van der Waals surface area contributed by atoms with Gasteiger partial charge in [0.2, 0.25) is 0 Å². The molecule has 0 radical (unpaired) electrons. The first kappa shape index (κ1) is 17.1. The lowest BCUT2D eigenvalue weighted by Crippen LogP contribution is -2.44. The largest absolute Gasteiger partial charge is 0.394 e. The smallest absolute Gasteiger partial charge is 0.111 e. The summed E-state index contributed by atoms with van der Waals surface area (Å²) in [5.41, 5.74) is 3.28. The standard InChI is InChI=1S/C20H24O4/c21-13-17-12-18(22)19(23)20(24-17)16-8-4-7-15(11-16)10-9-14-5-2-1-3-6-14/h1-8,11,17-23H,9-10,12-13H2/t17-,18-,19-,20+/m0/s1. The molecule has 128 valence electrons. The van der Waals surface area contributed by atoms with E-state index in [4.69, 9.17) is 4.74 Å². The molecule has 2 aromatic carbocycles. The molecule has 1 aliphatic heterocycles. The van der Waals surface area contributed by atoms with Crippen LogP contribution in [0.3, 0.4) is 0 Å². The first-order chi connectivity index (χ1) is 11.7. The van der Waals surface area contributed by atoms with E-state index in [0.29, 0.717) is 0 Å². The molecule has 0 spiro atoms. The SMILES string of the molecule is OC[C@@H]1C[C@H](O)[C@H](O)[C@@H](c2cccc(CCc3ccccc3)c2)O1. The summed E-state index contributed by atoms with van der Waals surface area (Å²) in [7, 11) is 0. The van der Waals surface area contributed by atoms with Gasteiger partial charge in [0.05, 0.1) is 18.8 Å². The van der Waals surface area contributed by atoms with Crippen molar-refractivity contribution in [2.45, 2.75) is 43.7 Å². The molecule has 4 atom stereocenters. The van der Waals surface area contributed by atoms with Crippen molar-refractivity contribution in [2.24, 2.45) is 0 Å². The molecule has 3 N–H and O–H groups in total. The summed E-state index contributed by atoms with van der Waals surface area (Å²) in [5, 5.41) is 29.5. The van der Waals surface area contributed by atoms with Gasteiger partial charge >= 0.3 is 0 Å². The zero-order valence-corrected chi connectivity index (χ0v) is 13.6. The highest BCUT2D eigenvalue weighted by molar-refractivity contribution is 5.28. The molecule has 0 unspecified atom stereocenters. The van der Waals surface area contributed by atoms with Gasteiger partial charge < -0.3 is 20.1 Å². The zero-order valence-electron chi connectivity index (χ0n) is 13.6. The average Bonchev–Trinajstić information content (AvgIpc) is 2.63. The van der Waals surface area contributed by atoms with Crippen molar-refractivity contribution in [3.05, 3.63) is 71.3 Å². The molecule has 4 heteroatoms. The fourth-order valence-electron chi connectivity index (χ4n) is 3.21. The van der Waals surface area contributed by atoms with Gasteiger partial charge in [-0.15, -0.1) is 0 Å². The quantitative estimate of drug-likeness (QED) is 0.785. The van der Waals surface area contributed by atoms with Crippen molar-refractivity contribution < 1.29 is 20.1 Å². The van der Waals surface area contributed by atoms with E-state index in [2.05, 4.69) is 18.2 Å². The summed E-state index contributed by atoms with van der Waals surface area (Å²) in [6.45, 7) is -0.159. The Balaban J connectivity index is 1.72. The van der Waals surface area contributed by atoms with E-state index in [0.717, 1.165) is 24.0 Å². The summed E-state index contributed by atoms with van der Waals surface area (Å²) in [4.78, 5) is 0. The van der Waals surface area contributed by atoms with Crippen LogP contribution in [-0.2, 0) is 17.6 Å². The summed E-state index contributed by atoms with van der Waals surface area (Å²) in [5.74, 6) is 0. The average molecular weight is 328 g/mol. The first-order valence-corrected chi connectivity index (χ1v) is 8.42. The van der Waals surface area contributed by atoms with E-state index in [-0.39, 0.29) is 13.0 Å². The van der Waals surface area contributed by atoms with E-state index in [1.54, 1.807) is 0 Å². The molecule has 0 saturated carbocycles. The molecule has 24 heavy (non-hydrogen) atoms. The van der Waals surface area contributed by atoms with Crippen molar-refractivity contribution >= 4 is 0 Å². The van der Waals surface area contributed by atoms with E-state index in [1.165, 1.54) is 5.56 Å². The second-order valence-corrected chi connectivity index (χ2v) is 6.39. The van der Waals surface area contributed by atoms with Crippen LogP contribution < -0.4 is 0 Å². The Hall–Kier alpha value is -1.72. The van der Waals surface area contributed by atoms with E-state index in [9.17, 15) is 15.3 Å². The van der Waals surface area contributed by atoms with E-state index >= 15 is 0 Å². The van der Waals surface area contributed by atoms with Gasteiger partial charge in [-0.1, -0.05) is 54.6 Å². The van der Waals surface area contributed by atoms with Gasteiger partial charge in [0.1, 0.15) is 12.2 Å². The third-order valence-corrected chi connectivity index (χ3v) is 4.58. The van der Waals surface area contributed by atoms with Crippen LogP contribution in [0.4, 0.5) is 0 Å². The molecule has 1 fully saturated rings. The minimum atomic E-state index is -0.975. The van der Waals surface area contributed by atoms with Crippen molar-refractivity contribution in [1.82, 2.24) is 0 Å². The summed E-state index contributed by atoms with van der Waals surface area (Å²) >= 11 is 0. The van der Waals surface area contributed by atoms with Crippen LogP contribution in [-0.4, -0.2) is 40.2 Å². The zero-order chi connectivity index (χ0) is 16.9. The molecule has 0 amide bonds. The monoisotopic (exact) mass is 328 g/mol. The van der Waals surface area contributed by atoms with Crippen LogP contribution >= 0.6 is 0 Å². The van der Waals surface area contributed by atoms with Crippen LogP contribution in [0.15, 0.2) is 54.6 Å². The highest BCUT2D eigenvalue weighted by Gasteiger charge is 2.37. The number of benzene rings is 2. The highest BCUT2D eigenvalue weighted by atomic mass is 16.5. The first-order valence-electron chi connectivity index (χ1n) is 8.42. The Morgan fingerprint density at radius 1 is 0.917 bits per heavy atom. The van der Waals surface area contributed by atoms with Gasteiger partial charge in [0.25, 0.3) is 0 Å².